The Morgan fingerprint density at radius 2 is 1.84 bits per heavy atom. The summed E-state index contributed by atoms with van der Waals surface area (Å²) in [6.07, 6.45) is 1.12. The molecule has 0 aliphatic carbocycles. The molecule has 1 N–H and O–H groups in total. The van der Waals surface area contributed by atoms with Crippen LogP contribution >= 0.6 is 15.9 Å². The molecular weight excluding hydrogens is 385 g/mol. The van der Waals surface area contributed by atoms with E-state index in [-0.39, 0.29) is 5.82 Å². The third-order valence-corrected chi connectivity index (χ3v) is 4.63. The molecule has 2 aromatic rings. The molecule has 3 nitrogen and oxygen atoms in total. The van der Waals surface area contributed by atoms with Crippen molar-refractivity contribution < 1.29 is 13.9 Å². The lowest BCUT2D eigenvalue weighted by atomic mass is 10.1. The molecular formula is C20H25BrFNO2. The summed E-state index contributed by atoms with van der Waals surface area (Å²) in [5, 5.41) is 3.46. The largest absolute Gasteiger partial charge is 0.493 e. The van der Waals surface area contributed by atoms with Crippen molar-refractivity contribution in [2.24, 2.45) is 5.92 Å². The molecule has 0 atom stereocenters. The summed E-state index contributed by atoms with van der Waals surface area (Å²) >= 11 is 3.60. The van der Waals surface area contributed by atoms with Gasteiger partial charge in [0, 0.05) is 16.6 Å². The first-order valence-corrected chi connectivity index (χ1v) is 9.24. The maximum absolute atomic E-state index is 13.0. The molecule has 0 bridgehead atoms. The van der Waals surface area contributed by atoms with E-state index in [0.29, 0.717) is 30.6 Å². The van der Waals surface area contributed by atoms with E-state index in [4.69, 9.17) is 9.47 Å². The van der Waals surface area contributed by atoms with Crippen LogP contribution in [0, 0.1) is 11.7 Å². The first-order chi connectivity index (χ1) is 12.0. The summed E-state index contributed by atoms with van der Waals surface area (Å²) in [5.74, 6) is 1.80. The molecule has 0 amide bonds. The predicted octanol–water partition coefficient (Wildman–Crippen LogP) is 5.31. The molecule has 0 heterocycles. The Kier molecular flexibility index (Phi) is 7.72. The lowest BCUT2D eigenvalue weighted by Gasteiger charge is -2.17. The van der Waals surface area contributed by atoms with Gasteiger partial charge in [0.2, 0.25) is 0 Å². The maximum Gasteiger partial charge on any atom is 0.167 e. The third kappa shape index (κ3) is 6.01. The van der Waals surface area contributed by atoms with Crippen molar-refractivity contribution in [3.05, 3.63) is 57.8 Å². The van der Waals surface area contributed by atoms with Gasteiger partial charge in [-0.05, 0) is 48.7 Å². The summed E-state index contributed by atoms with van der Waals surface area (Å²) in [6, 6.07) is 10.2. The highest BCUT2D eigenvalue weighted by Gasteiger charge is 2.15. The average Bonchev–Trinajstić information content (AvgIpc) is 2.59. The highest BCUT2D eigenvalue weighted by atomic mass is 79.9. The summed E-state index contributed by atoms with van der Waals surface area (Å²) in [5.41, 5.74) is 1.92. The smallest absolute Gasteiger partial charge is 0.167 e. The van der Waals surface area contributed by atoms with E-state index in [1.54, 1.807) is 19.2 Å². The maximum atomic E-state index is 13.0. The third-order valence-electron chi connectivity index (χ3n) is 3.88. The van der Waals surface area contributed by atoms with E-state index < -0.39 is 0 Å². The second-order valence-electron chi connectivity index (χ2n) is 6.33. The molecule has 0 radical (unpaired) electrons. The summed E-state index contributed by atoms with van der Waals surface area (Å²) in [6.45, 7) is 6.40. The molecule has 0 saturated heterocycles. The van der Waals surface area contributed by atoms with Crippen LogP contribution in [0.2, 0.25) is 0 Å². The van der Waals surface area contributed by atoms with Crippen LogP contribution in [0.15, 0.2) is 40.9 Å². The minimum Gasteiger partial charge on any atom is -0.493 e. The van der Waals surface area contributed by atoms with Crippen molar-refractivity contribution in [1.82, 2.24) is 5.32 Å². The van der Waals surface area contributed by atoms with Crippen molar-refractivity contribution >= 4 is 15.9 Å². The van der Waals surface area contributed by atoms with Crippen LogP contribution in [0.3, 0.4) is 0 Å². The summed E-state index contributed by atoms with van der Waals surface area (Å²) in [4.78, 5) is 0. The van der Waals surface area contributed by atoms with Crippen molar-refractivity contribution in [3.63, 3.8) is 0 Å². The molecule has 0 fully saturated rings. The van der Waals surface area contributed by atoms with E-state index in [2.05, 4.69) is 35.1 Å². The van der Waals surface area contributed by atoms with E-state index >= 15 is 0 Å². The highest BCUT2D eigenvalue weighted by molar-refractivity contribution is 9.10. The number of ether oxygens (including phenoxy) is 2. The molecule has 0 aliphatic rings. The standard InChI is InChI=1S/C20H25BrFNO2/c1-14(2)10-11-23-12-17-18(21)8-9-19(24-3)20(17)25-13-15-4-6-16(22)7-5-15/h4-9,14,23H,10-13H2,1-3H3. The zero-order valence-electron chi connectivity index (χ0n) is 14.9. The Hall–Kier alpha value is -1.59. The lowest BCUT2D eigenvalue weighted by molar-refractivity contribution is 0.280. The first kappa shape index (κ1) is 19.7. The van der Waals surface area contributed by atoms with Gasteiger partial charge >= 0.3 is 0 Å². The fourth-order valence-corrected chi connectivity index (χ4v) is 2.86. The van der Waals surface area contributed by atoms with Gasteiger partial charge < -0.3 is 14.8 Å². The molecule has 0 spiro atoms. The number of nitrogens with one attached hydrogen (secondary N) is 1. The van der Waals surface area contributed by atoms with Crippen molar-refractivity contribution in [2.75, 3.05) is 13.7 Å². The lowest BCUT2D eigenvalue weighted by Crippen LogP contribution is -2.17. The fourth-order valence-electron chi connectivity index (χ4n) is 2.41. The van der Waals surface area contributed by atoms with Crippen LogP contribution in [0.4, 0.5) is 4.39 Å². The van der Waals surface area contributed by atoms with Gasteiger partial charge in [0.25, 0.3) is 0 Å². The van der Waals surface area contributed by atoms with Gasteiger partial charge in [0.15, 0.2) is 11.5 Å². The summed E-state index contributed by atoms with van der Waals surface area (Å²) < 4.78 is 25.5. The van der Waals surface area contributed by atoms with E-state index in [1.165, 1.54) is 12.1 Å². The van der Waals surface area contributed by atoms with Crippen LogP contribution in [-0.2, 0) is 13.2 Å². The van der Waals surface area contributed by atoms with Gasteiger partial charge in [-0.1, -0.05) is 41.9 Å². The Morgan fingerprint density at radius 1 is 1.12 bits per heavy atom. The minimum absolute atomic E-state index is 0.251. The second-order valence-corrected chi connectivity index (χ2v) is 7.19. The van der Waals surface area contributed by atoms with Gasteiger partial charge in [-0.15, -0.1) is 0 Å². The van der Waals surface area contributed by atoms with E-state index in [9.17, 15) is 4.39 Å². The number of hydrogen-bond donors (Lipinski definition) is 1. The minimum atomic E-state index is -0.251. The number of halogens is 2. The first-order valence-electron chi connectivity index (χ1n) is 8.44. The number of rotatable bonds is 9. The van der Waals surface area contributed by atoms with Crippen LogP contribution in [-0.4, -0.2) is 13.7 Å². The fraction of sp³-hybridized carbons (Fsp3) is 0.400. The average molecular weight is 410 g/mol. The van der Waals surface area contributed by atoms with Gasteiger partial charge in [-0.3, -0.25) is 0 Å². The van der Waals surface area contributed by atoms with E-state index in [0.717, 1.165) is 28.6 Å². The zero-order valence-corrected chi connectivity index (χ0v) is 16.5. The molecule has 0 aliphatic heterocycles. The van der Waals surface area contributed by atoms with E-state index in [1.807, 2.05) is 12.1 Å². The molecule has 0 unspecified atom stereocenters. The summed E-state index contributed by atoms with van der Waals surface area (Å²) in [7, 11) is 1.63. The monoisotopic (exact) mass is 409 g/mol. The molecule has 5 heteroatoms. The number of methoxy groups -OCH3 is 1. The van der Waals surface area contributed by atoms with Gasteiger partial charge in [-0.25, -0.2) is 4.39 Å². The molecule has 25 heavy (non-hydrogen) atoms. The Balaban J connectivity index is 2.12. The Morgan fingerprint density at radius 3 is 2.48 bits per heavy atom. The van der Waals surface area contributed by atoms with Gasteiger partial charge in [-0.2, -0.15) is 0 Å². The van der Waals surface area contributed by atoms with Gasteiger partial charge in [0.1, 0.15) is 12.4 Å². The topological polar surface area (TPSA) is 30.5 Å². The molecule has 2 aromatic carbocycles. The van der Waals surface area contributed by atoms with Crippen LogP contribution in [0.1, 0.15) is 31.4 Å². The Bertz CT molecular complexity index is 674. The van der Waals surface area contributed by atoms with Gasteiger partial charge in [0.05, 0.1) is 7.11 Å². The molecule has 136 valence electrons. The highest BCUT2D eigenvalue weighted by Crippen LogP contribution is 2.36. The van der Waals surface area contributed by atoms with Crippen LogP contribution in [0.25, 0.3) is 0 Å². The molecule has 0 saturated carbocycles. The van der Waals surface area contributed by atoms with Crippen molar-refractivity contribution in [1.29, 1.82) is 0 Å². The molecule has 2 rings (SSSR count). The second kappa shape index (κ2) is 9.78. The normalized spacial score (nSPS) is 11.0. The quantitative estimate of drug-likeness (QED) is 0.569. The predicted molar refractivity (Wildman–Crippen MR) is 103 cm³/mol. The van der Waals surface area contributed by atoms with Crippen LogP contribution in [0.5, 0.6) is 11.5 Å². The Labute approximate surface area is 157 Å². The number of hydrogen-bond acceptors (Lipinski definition) is 3. The SMILES string of the molecule is COc1ccc(Br)c(CNCCC(C)C)c1OCc1ccc(F)cc1. The van der Waals surface area contributed by atoms with Crippen LogP contribution < -0.4 is 14.8 Å². The molecule has 0 aromatic heterocycles. The zero-order chi connectivity index (χ0) is 18.2. The van der Waals surface area contributed by atoms with Crippen molar-refractivity contribution in [2.45, 2.75) is 33.4 Å². The van der Waals surface area contributed by atoms with Crippen molar-refractivity contribution in [3.8, 4) is 11.5 Å². The number of benzene rings is 2.